The van der Waals surface area contributed by atoms with Crippen LogP contribution in [0.3, 0.4) is 0 Å². The molecule has 1 N–H and O–H groups in total. The average Bonchev–Trinajstić information content (AvgIpc) is 2.21. The van der Waals surface area contributed by atoms with Crippen molar-refractivity contribution in [1.82, 2.24) is 0 Å². The summed E-state index contributed by atoms with van der Waals surface area (Å²) in [4.78, 5) is 11.1. The number of carboxylic acid groups (broad SMARTS) is 1. The minimum absolute atomic E-state index is 0.125. The highest BCUT2D eigenvalue weighted by atomic mass is 16.5. The lowest BCUT2D eigenvalue weighted by atomic mass is 9.87. The van der Waals surface area contributed by atoms with Gasteiger partial charge in [-0.25, -0.2) is 4.79 Å². The van der Waals surface area contributed by atoms with Crippen molar-refractivity contribution in [3.8, 4) is 0 Å². The maximum Gasteiger partial charge on any atom is 0.335 e. The van der Waals surface area contributed by atoms with Crippen LogP contribution >= 0.6 is 0 Å². The number of rotatable bonds is 4. The van der Waals surface area contributed by atoms with Gasteiger partial charge in [-0.15, -0.1) is 0 Å². The Balaban J connectivity index is 2.61. The van der Waals surface area contributed by atoms with Crippen LogP contribution in [0, 0.1) is 5.92 Å². The van der Waals surface area contributed by atoms with E-state index in [2.05, 4.69) is 6.92 Å². The zero-order valence-corrected chi connectivity index (χ0v) is 9.95. The van der Waals surface area contributed by atoms with Crippen molar-refractivity contribution in [3.63, 3.8) is 0 Å². The van der Waals surface area contributed by atoms with Crippen molar-refractivity contribution in [2.45, 2.75) is 64.6 Å². The summed E-state index contributed by atoms with van der Waals surface area (Å²) < 4.78 is 5.80. The lowest BCUT2D eigenvalue weighted by molar-refractivity contribution is -0.177. The lowest BCUT2D eigenvalue weighted by Gasteiger charge is -2.35. The second kappa shape index (κ2) is 4.97. The van der Waals surface area contributed by atoms with Gasteiger partial charge in [0, 0.05) is 0 Å². The fraction of sp³-hybridized carbons (Fsp3) is 0.917. The Morgan fingerprint density at radius 1 is 1.47 bits per heavy atom. The molecule has 0 heterocycles. The Hall–Kier alpha value is -0.570. The molecular formula is C12H22O3. The molecule has 0 amide bonds. The van der Waals surface area contributed by atoms with Crippen molar-refractivity contribution in [2.75, 3.05) is 0 Å². The van der Waals surface area contributed by atoms with E-state index in [9.17, 15) is 4.79 Å². The SMILES string of the molecule is CCC(C)(OC1CCCCC1C)C(=O)O. The largest absolute Gasteiger partial charge is 0.479 e. The molecule has 3 unspecified atom stereocenters. The van der Waals surface area contributed by atoms with Crippen molar-refractivity contribution >= 4 is 5.97 Å². The second-order valence-electron chi connectivity index (χ2n) is 4.81. The summed E-state index contributed by atoms with van der Waals surface area (Å²) in [6.07, 6.45) is 5.21. The number of carbonyl (C=O) groups is 1. The van der Waals surface area contributed by atoms with E-state index in [4.69, 9.17) is 9.84 Å². The van der Waals surface area contributed by atoms with E-state index in [1.807, 2.05) is 6.92 Å². The molecule has 1 rings (SSSR count). The van der Waals surface area contributed by atoms with Gasteiger partial charge in [0.1, 0.15) is 0 Å². The van der Waals surface area contributed by atoms with Gasteiger partial charge < -0.3 is 9.84 Å². The Bertz CT molecular complexity index is 227. The van der Waals surface area contributed by atoms with Crippen LogP contribution in [-0.2, 0) is 9.53 Å². The molecule has 0 saturated heterocycles. The van der Waals surface area contributed by atoms with Gasteiger partial charge in [-0.05, 0) is 32.1 Å². The van der Waals surface area contributed by atoms with E-state index in [1.165, 1.54) is 6.42 Å². The van der Waals surface area contributed by atoms with Crippen LogP contribution in [0.1, 0.15) is 52.9 Å². The monoisotopic (exact) mass is 214 g/mol. The summed E-state index contributed by atoms with van der Waals surface area (Å²) >= 11 is 0. The lowest BCUT2D eigenvalue weighted by Crippen LogP contribution is -2.43. The fourth-order valence-electron chi connectivity index (χ4n) is 2.08. The van der Waals surface area contributed by atoms with Crippen LogP contribution < -0.4 is 0 Å². The molecule has 3 atom stereocenters. The maximum atomic E-state index is 11.1. The average molecular weight is 214 g/mol. The number of ether oxygens (including phenoxy) is 1. The topological polar surface area (TPSA) is 46.5 Å². The van der Waals surface area contributed by atoms with Gasteiger partial charge in [-0.3, -0.25) is 0 Å². The van der Waals surface area contributed by atoms with Crippen molar-refractivity contribution in [2.24, 2.45) is 5.92 Å². The number of aliphatic carboxylic acids is 1. The quantitative estimate of drug-likeness (QED) is 0.782. The van der Waals surface area contributed by atoms with Crippen LogP contribution in [-0.4, -0.2) is 22.8 Å². The molecule has 1 saturated carbocycles. The first-order chi connectivity index (χ1) is 6.99. The third-order valence-electron chi connectivity index (χ3n) is 3.57. The normalized spacial score (nSPS) is 30.9. The van der Waals surface area contributed by atoms with Crippen LogP contribution in [0.2, 0.25) is 0 Å². The highest BCUT2D eigenvalue weighted by Gasteiger charge is 2.37. The van der Waals surface area contributed by atoms with E-state index in [0.29, 0.717) is 12.3 Å². The smallest absolute Gasteiger partial charge is 0.335 e. The molecular weight excluding hydrogens is 192 g/mol. The van der Waals surface area contributed by atoms with Gasteiger partial charge in [0.15, 0.2) is 5.60 Å². The van der Waals surface area contributed by atoms with E-state index in [-0.39, 0.29) is 6.10 Å². The molecule has 0 aromatic carbocycles. The maximum absolute atomic E-state index is 11.1. The molecule has 0 aromatic heterocycles. The molecule has 15 heavy (non-hydrogen) atoms. The molecule has 88 valence electrons. The van der Waals surface area contributed by atoms with E-state index in [1.54, 1.807) is 6.92 Å². The molecule has 3 nitrogen and oxygen atoms in total. The second-order valence-corrected chi connectivity index (χ2v) is 4.81. The predicted molar refractivity (Wildman–Crippen MR) is 58.8 cm³/mol. The van der Waals surface area contributed by atoms with Crippen LogP contribution in [0.25, 0.3) is 0 Å². The Morgan fingerprint density at radius 2 is 2.07 bits per heavy atom. The van der Waals surface area contributed by atoms with Crippen LogP contribution in [0.5, 0.6) is 0 Å². The molecule has 1 aliphatic carbocycles. The zero-order valence-electron chi connectivity index (χ0n) is 9.95. The third-order valence-corrected chi connectivity index (χ3v) is 3.57. The summed E-state index contributed by atoms with van der Waals surface area (Å²) in [6.45, 7) is 5.69. The summed E-state index contributed by atoms with van der Waals surface area (Å²) in [7, 11) is 0. The molecule has 1 aliphatic rings. The van der Waals surface area contributed by atoms with Gasteiger partial charge in [-0.2, -0.15) is 0 Å². The third kappa shape index (κ3) is 2.94. The summed E-state index contributed by atoms with van der Waals surface area (Å²) in [5, 5.41) is 9.12. The molecule has 3 heteroatoms. The minimum Gasteiger partial charge on any atom is -0.479 e. The fourth-order valence-corrected chi connectivity index (χ4v) is 2.08. The van der Waals surface area contributed by atoms with E-state index < -0.39 is 11.6 Å². The van der Waals surface area contributed by atoms with E-state index >= 15 is 0 Å². The van der Waals surface area contributed by atoms with Crippen LogP contribution in [0.4, 0.5) is 0 Å². The minimum atomic E-state index is -1.00. The summed E-state index contributed by atoms with van der Waals surface area (Å²) in [5.74, 6) is -0.355. The Kier molecular flexibility index (Phi) is 4.14. The highest BCUT2D eigenvalue weighted by Crippen LogP contribution is 2.30. The number of carboxylic acids is 1. The Morgan fingerprint density at radius 3 is 2.53 bits per heavy atom. The molecule has 1 fully saturated rings. The molecule has 0 spiro atoms. The van der Waals surface area contributed by atoms with Gasteiger partial charge in [-0.1, -0.05) is 26.7 Å². The van der Waals surface area contributed by atoms with Gasteiger partial charge in [0.25, 0.3) is 0 Å². The first-order valence-corrected chi connectivity index (χ1v) is 5.91. The predicted octanol–water partition coefficient (Wildman–Crippen LogP) is 2.84. The summed E-state index contributed by atoms with van der Waals surface area (Å²) in [6, 6.07) is 0. The zero-order chi connectivity index (χ0) is 11.5. The summed E-state index contributed by atoms with van der Waals surface area (Å²) in [5.41, 5.74) is -1.00. The molecule has 0 aromatic rings. The van der Waals surface area contributed by atoms with Crippen molar-refractivity contribution in [1.29, 1.82) is 0 Å². The highest BCUT2D eigenvalue weighted by molar-refractivity contribution is 5.76. The van der Waals surface area contributed by atoms with Crippen molar-refractivity contribution < 1.29 is 14.6 Å². The molecule has 0 aliphatic heterocycles. The Labute approximate surface area is 91.8 Å². The van der Waals surface area contributed by atoms with Gasteiger partial charge in [0.2, 0.25) is 0 Å². The first-order valence-electron chi connectivity index (χ1n) is 5.91. The van der Waals surface area contributed by atoms with Gasteiger partial charge in [0.05, 0.1) is 6.10 Å². The van der Waals surface area contributed by atoms with E-state index in [0.717, 1.165) is 19.3 Å². The van der Waals surface area contributed by atoms with Gasteiger partial charge >= 0.3 is 5.97 Å². The number of hydrogen-bond donors (Lipinski definition) is 1. The van der Waals surface area contributed by atoms with Crippen LogP contribution in [0.15, 0.2) is 0 Å². The standard InChI is InChI=1S/C12H22O3/c1-4-12(3,11(13)14)15-10-8-6-5-7-9(10)2/h9-10H,4-8H2,1-3H3,(H,13,14). The van der Waals surface area contributed by atoms with Crippen molar-refractivity contribution in [3.05, 3.63) is 0 Å². The first kappa shape index (κ1) is 12.5. The number of hydrogen-bond acceptors (Lipinski definition) is 2. The molecule has 0 radical (unpaired) electrons. The molecule has 0 bridgehead atoms.